The summed E-state index contributed by atoms with van der Waals surface area (Å²) in [6.07, 6.45) is 3.23. The third kappa shape index (κ3) is 10.00. The molecule has 0 aliphatic carbocycles. The predicted octanol–water partition coefficient (Wildman–Crippen LogP) is 6.09. The van der Waals surface area contributed by atoms with Gasteiger partial charge in [0.2, 0.25) is 0 Å². The molecule has 212 valence electrons. The molecule has 9 heteroatoms. The first-order valence-electron chi connectivity index (χ1n) is 11.1. The van der Waals surface area contributed by atoms with Crippen LogP contribution in [0.3, 0.4) is 0 Å². The molecule has 0 bridgehead atoms. The van der Waals surface area contributed by atoms with Gasteiger partial charge in [0.25, 0.3) is 0 Å². The van der Waals surface area contributed by atoms with E-state index in [-0.39, 0.29) is 52.7 Å². The van der Waals surface area contributed by atoms with Crippen molar-refractivity contribution in [2.45, 2.75) is 25.9 Å². The van der Waals surface area contributed by atoms with Crippen LogP contribution in [0.4, 0.5) is 28.2 Å². The Morgan fingerprint density at radius 3 is 1.24 bits per heavy atom. The van der Waals surface area contributed by atoms with Gasteiger partial charge in [-0.25, -0.2) is 0 Å². The van der Waals surface area contributed by atoms with Crippen LogP contribution in [0.15, 0.2) is 115 Å². The third-order valence-electron chi connectivity index (χ3n) is 5.70. The van der Waals surface area contributed by atoms with Crippen molar-refractivity contribution < 1.29 is 33.0 Å². The Morgan fingerprint density at radius 2 is 0.895 bits per heavy atom. The second kappa shape index (κ2) is 21.4. The molecule has 0 amide bonds. The van der Waals surface area contributed by atoms with Gasteiger partial charge in [-0.05, 0) is 60.5 Å². The number of benzene rings is 4. The number of ether oxygens (including phenoxy) is 1. The topological polar surface area (TPSA) is 9.23 Å². The second-order valence-electron chi connectivity index (χ2n) is 7.82. The molecule has 0 saturated heterocycles. The summed E-state index contributed by atoms with van der Waals surface area (Å²) in [6.45, 7) is 2.97. The Hall–Kier alpha value is -2.49. The standard InChI is InChI=1S/C29H30OP.6FH.Sb.3H/c1-2-3-23-30-26-21-19-25(20-22-26)24-31(27-13-7-4-8-14-27,28-15-9-5-10-16-28)29-17-11-6-12-18-29;;;;;;;;;;/h4-22H,2-3,23-24H2,1H3;6*1H;;;;/q+1;;;;;;;;;;. The molecule has 0 saturated carbocycles. The van der Waals surface area contributed by atoms with E-state index in [1.54, 1.807) is 0 Å². The van der Waals surface area contributed by atoms with Gasteiger partial charge in [-0.15, -0.1) is 0 Å². The fourth-order valence-corrected chi connectivity index (χ4v) is 8.31. The van der Waals surface area contributed by atoms with Crippen molar-refractivity contribution in [1.82, 2.24) is 0 Å². The van der Waals surface area contributed by atoms with Crippen molar-refractivity contribution >= 4 is 47.6 Å². The van der Waals surface area contributed by atoms with E-state index in [0.717, 1.165) is 31.4 Å². The Morgan fingerprint density at radius 1 is 0.526 bits per heavy atom. The van der Waals surface area contributed by atoms with Gasteiger partial charge in [-0.3, -0.25) is 28.2 Å². The van der Waals surface area contributed by atoms with E-state index in [9.17, 15) is 0 Å². The number of halogens is 6. The molecule has 0 fully saturated rings. The van der Waals surface area contributed by atoms with Crippen molar-refractivity contribution in [2.24, 2.45) is 0 Å². The Labute approximate surface area is 239 Å². The van der Waals surface area contributed by atoms with E-state index in [1.165, 1.54) is 21.5 Å². The molecular formula is C29H39F6OPSb+. The van der Waals surface area contributed by atoms with Crippen LogP contribution in [0.25, 0.3) is 0 Å². The van der Waals surface area contributed by atoms with E-state index in [0.29, 0.717) is 0 Å². The van der Waals surface area contributed by atoms with Gasteiger partial charge in [0.1, 0.15) is 28.9 Å². The molecule has 4 aromatic rings. The SMILES string of the molecule is CCCCOc1ccc(C[P+](c2ccccc2)(c2ccccc2)c2ccccc2)cc1.F.F.F.F.F.F.[SbH3]. The third-order valence-corrected chi connectivity index (χ3v) is 10.1. The summed E-state index contributed by atoms with van der Waals surface area (Å²) in [4.78, 5) is 0. The maximum atomic E-state index is 5.89. The molecule has 0 aliphatic heterocycles. The zero-order chi connectivity index (χ0) is 21.4. The average Bonchev–Trinajstić information content (AvgIpc) is 2.85. The monoisotopic (exact) mass is 669 g/mol. The van der Waals surface area contributed by atoms with Gasteiger partial charge in [-0.2, -0.15) is 0 Å². The van der Waals surface area contributed by atoms with E-state index >= 15 is 0 Å². The van der Waals surface area contributed by atoms with Crippen LogP contribution in [-0.4, -0.2) is 31.0 Å². The van der Waals surface area contributed by atoms with E-state index in [1.807, 2.05) is 0 Å². The van der Waals surface area contributed by atoms with E-state index in [2.05, 4.69) is 122 Å². The van der Waals surface area contributed by atoms with Gasteiger partial charge >= 0.3 is 24.4 Å². The minimum atomic E-state index is -1.86. The molecule has 4 aromatic carbocycles. The minimum absolute atomic E-state index is 0. The molecule has 0 aliphatic rings. The van der Waals surface area contributed by atoms with E-state index in [4.69, 9.17) is 4.74 Å². The molecule has 1 nitrogen and oxygen atoms in total. The van der Waals surface area contributed by atoms with Gasteiger partial charge in [-0.1, -0.05) is 80.1 Å². The predicted molar refractivity (Wildman–Crippen MR) is 161 cm³/mol. The maximum absolute atomic E-state index is 5.89. The quantitative estimate of drug-likeness (QED) is 0.0908. The van der Waals surface area contributed by atoms with Crippen LogP contribution in [0.2, 0.25) is 0 Å². The van der Waals surface area contributed by atoms with Crippen molar-refractivity contribution in [3.8, 4) is 5.75 Å². The summed E-state index contributed by atoms with van der Waals surface area (Å²) in [6, 6.07) is 41.9. The van der Waals surface area contributed by atoms with Crippen LogP contribution in [0, 0.1) is 0 Å². The Kier molecular flexibility index (Phi) is 24.0. The van der Waals surface area contributed by atoms with Crippen molar-refractivity contribution in [3.63, 3.8) is 0 Å². The Bertz CT molecular complexity index is 978. The molecule has 0 unspecified atom stereocenters. The number of hydrogen-bond acceptors (Lipinski definition) is 1. The van der Waals surface area contributed by atoms with Crippen molar-refractivity contribution in [1.29, 1.82) is 0 Å². The molecule has 38 heavy (non-hydrogen) atoms. The number of unbranched alkanes of at least 4 members (excludes halogenated alkanes) is 1. The first kappa shape index (κ1) is 42.6. The molecule has 0 radical (unpaired) electrons. The zero-order valence-electron chi connectivity index (χ0n) is 21.3. The summed E-state index contributed by atoms with van der Waals surface area (Å²) >= 11 is 0. The summed E-state index contributed by atoms with van der Waals surface area (Å²) in [5, 5.41) is 4.24. The summed E-state index contributed by atoms with van der Waals surface area (Å²) in [7, 11) is -1.86. The molecule has 0 atom stereocenters. The summed E-state index contributed by atoms with van der Waals surface area (Å²) < 4.78 is 5.89. The molecular weight excluding hydrogens is 631 g/mol. The summed E-state index contributed by atoms with van der Waals surface area (Å²) in [5.74, 6) is 0.959. The van der Waals surface area contributed by atoms with Crippen molar-refractivity contribution in [3.05, 3.63) is 121 Å². The van der Waals surface area contributed by atoms with Gasteiger partial charge in [0, 0.05) is 0 Å². The molecule has 0 N–H and O–H groups in total. The van der Waals surface area contributed by atoms with Gasteiger partial charge in [0.05, 0.1) is 12.8 Å². The van der Waals surface area contributed by atoms with Gasteiger partial charge in [0.15, 0.2) is 0 Å². The van der Waals surface area contributed by atoms with Crippen LogP contribution in [-0.2, 0) is 6.16 Å². The molecule has 4 rings (SSSR count). The van der Waals surface area contributed by atoms with Crippen LogP contribution in [0.5, 0.6) is 5.75 Å². The fourth-order valence-electron chi connectivity index (χ4n) is 4.07. The first-order valence-corrected chi connectivity index (χ1v) is 13.1. The number of hydrogen-bond donors (Lipinski definition) is 0. The fraction of sp³-hybridized carbons (Fsp3) is 0.172. The average molecular weight is 670 g/mol. The number of rotatable bonds is 9. The van der Waals surface area contributed by atoms with E-state index < -0.39 is 7.26 Å². The van der Waals surface area contributed by atoms with Crippen LogP contribution in [0.1, 0.15) is 25.3 Å². The van der Waals surface area contributed by atoms with Crippen LogP contribution < -0.4 is 20.7 Å². The zero-order valence-corrected chi connectivity index (χ0v) is 26.2. The first-order chi connectivity index (χ1) is 15.3. The normalized spacial score (nSPS) is 9.18. The van der Waals surface area contributed by atoms with Gasteiger partial charge < -0.3 is 4.74 Å². The Balaban J connectivity index is -0.000000826. The van der Waals surface area contributed by atoms with Crippen molar-refractivity contribution in [2.75, 3.05) is 6.61 Å². The summed E-state index contributed by atoms with van der Waals surface area (Å²) in [5.41, 5.74) is 1.34. The molecule has 0 spiro atoms. The molecule has 0 aromatic heterocycles. The molecule has 0 heterocycles. The second-order valence-corrected chi connectivity index (χ2v) is 11.3. The van der Waals surface area contributed by atoms with Crippen LogP contribution >= 0.6 is 7.26 Å².